The summed E-state index contributed by atoms with van der Waals surface area (Å²) < 4.78 is 11.9. The summed E-state index contributed by atoms with van der Waals surface area (Å²) >= 11 is 0. The Labute approximate surface area is 67.0 Å². The van der Waals surface area contributed by atoms with Crippen molar-refractivity contribution in [3.05, 3.63) is 0 Å². The van der Waals surface area contributed by atoms with Gasteiger partial charge in [-0.15, -0.1) is 0 Å². The lowest BCUT2D eigenvalue weighted by atomic mass is 9.92. The zero-order chi connectivity index (χ0) is 8.27. The van der Waals surface area contributed by atoms with Crippen LogP contribution in [0.4, 0.5) is 4.39 Å². The van der Waals surface area contributed by atoms with Gasteiger partial charge in [0.1, 0.15) is 0 Å². The maximum Gasteiger partial charge on any atom is 0.0898 e. The van der Waals surface area contributed by atoms with E-state index in [1.165, 1.54) is 0 Å². The SMILES string of the molecule is CN1CCC(CCF)C(O)C1. The molecule has 2 nitrogen and oxygen atoms in total. The number of alkyl halides is 1. The van der Waals surface area contributed by atoms with E-state index in [0.717, 1.165) is 13.0 Å². The Morgan fingerprint density at radius 3 is 2.91 bits per heavy atom. The molecule has 1 fully saturated rings. The van der Waals surface area contributed by atoms with Gasteiger partial charge in [-0.1, -0.05) is 0 Å². The van der Waals surface area contributed by atoms with Crippen molar-refractivity contribution in [3.63, 3.8) is 0 Å². The number of β-amino-alcohol motifs (C(OH)–C–C–N with tert-alkyl or cyclic N) is 1. The standard InChI is InChI=1S/C8H16FNO/c1-10-5-3-7(2-4-9)8(11)6-10/h7-8,11H,2-6H2,1H3. The Morgan fingerprint density at radius 2 is 2.36 bits per heavy atom. The van der Waals surface area contributed by atoms with Gasteiger partial charge >= 0.3 is 0 Å². The number of nitrogens with zero attached hydrogens (tertiary/aromatic N) is 1. The first kappa shape index (κ1) is 8.94. The van der Waals surface area contributed by atoms with Crippen LogP contribution in [-0.2, 0) is 0 Å². The smallest absolute Gasteiger partial charge is 0.0898 e. The number of piperidine rings is 1. The molecule has 0 bridgehead atoms. The first-order chi connectivity index (χ1) is 5.24. The van der Waals surface area contributed by atoms with Crippen LogP contribution in [0, 0.1) is 5.92 Å². The van der Waals surface area contributed by atoms with Crippen LogP contribution in [0.5, 0.6) is 0 Å². The normalized spacial score (nSPS) is 34.1. The van der Waals surface area contributed by atoms with Crippen molar-refractivity contribution < 1.29 is 9.50 Å². The van der Waals surface area contributed by atoms with Gasteiger partial charge in [0, 0.05) is 6.54 Å². The van der Waals surface area contributed by atoms with E-state index in [0.29, 0.717) is 13.0 Å². The molecule has 2 unspecified atom stereocenters. The monoisotopic (exact) mass is 161 g/mol. The minimum Gasteiger partial charge on any atom is -0.392 e. The van der Waals surface area contributed by atoms with Gasteiger partial charge in [0.2, 0.25) is 0 Å². The van der Waals surface area contributed by atoms with Crippen LogP contribution < -0.4 is 0 Å². The molecule has 0 aromatic rings. The molecule has 3 heteroatoms. The summed E-state index contributed by atoms with van der Waals surface area (Å²) in [6.07, 6.45) is 1.14. The zero-order valence-corrected chi connectivity index (χ0v) is 6.96. The van der Waals surface area contributed by atoms with Crippen molar-refractivity contribution >= 4 is 0 Å². The van der Waals surface area contributed by atoms with E-state index in [2.05, 4.69) is 4.90 Å². The molecule has 0 aromatic carbocycles. The summed E-state index contributed by atoms with van der Waals surface area (Å²) in [7, 11) is 1.98. The number of likely N-dealkylation sites (tertiary alicyclic amines) is 1. The zero-order valence-electron chi connectivity index (χ0n) is 6.96. The second-order valence-electron chi connectivity index (χ2n) is 3.36. The van der Waals surface area contributed by atoms with Crippen LogP contribution in [0.2, 0.25) is 0 Å². The number of aliphatic hydroxyl groups excluding tert-OH is 1. The van der Waals surface area contributed by atoms with E-state index >= 15 is 0 Å². The molecule has 66 valence electrons. The van der Waals surface area contributed by atoms with E-state index in [4.69, 9.17) is 0 Å². The van der Waals surface area contributed by atoms with Crippen molar-refractivity contribution in [1.29, 1.82) is 0 Å². The highest BCUT2D eigenvalue weighted by Gasteiger charge is 2.24. The summed E-state index contributed by atoms with van der Waals surface area (Å²) in [6.45, 7) is 1.39. The number of hydrogen-bond donors (Lipinski definition) is 1. The molecule has 0 saturated carbocycles. The maximum atomic E-state index is 11.9. The molecule has 0 aromatic heterocycles. The van der Waals surface area contributed by atoms with Crippen LogP contribution in [0.3, 0.4) is 0 Å². The van der Waals surface area contributed by atoms with Gasteiger partial charge in [-0.2, -0.15) is 0 Å². The topological polar surface area (TPSA) is 23.5 Å². The Balaban J connectivity index is 2.31. The fraction of sp³-hybridized carbons (Fsp3) is 1.00. The fourth-order valence-electron chi connectivity index (χ4n) is 1.62. The molecular weight excluding hydrogens is 145 g/mol. The summed E-state index contributed by atoms with van der Waals surface area (Å²) in [6, 6.07) is 0. The van der Waals surface area contributed by atoms with Gasteiger partial charge in [-0.25, -0.2) is 0 Å². The molecule has 1 rings (SSSR count). The highest BCUT2D eigenvalue weighted by Crippen LogP contribution is 2.19. The molecular formula is C8H16FNO. The van der Waals surface area contributed by atoms with Crippen LogP contribution in [0.1, 0.15) is 12.8 Å². The van der Waals surface area contributed by atoms with Gasteiger partial charge in [0.05, 0.1) is 12.8 Å². The van der Waals surface area contributed by atoms with Crippen LogP contribution in [0.25, 0.3) is 0 Å². The van der Waals surface area contributed by atoms with E-state index < -0.39 is 0 Å². The predicted octanol–water partition coefficient (Wildman–Crippen LogP) is 0.659. The lowest BCUT2D eigenvalue weighted by Gasteiger charge is -2.33. The molecule has 11 heavy (non-hydrogen) atoms. The van der Waals surface area contributed by atoms with Crippen LogP contribution in [0.15, 0.2) is 0 Å². The Hall–Kier alpha value is -0.150. The summed E-state index contributed by atoms with van der Waals surface area (Å²) in [5.41, 5.74) is 0. The molecule has 1 aliphatic heterocycles. The molecule has 0 aliphatic carbocycles. The van der Waals surface area contributed by atoms with E-state index in [9.17, 15) is 9.50 Å². The van der Waals surface area contributed by atoms with Crippen molar-refractivity contribution in [1.82, 2.24) is 4.90 Å². The second kappa shape index (κ2) is 4.02. The van der Waals surface area contributed by atoms with Gasteiger partial charge in [-0.05, 0) is 32.4 Å². The van der Waals surface area contributed by atoms with Crippen LogP contribution >= 0.6 is 0 Å². The molecule has 0 spiro atoms. The first-order valence-electron chi connectivity index (χ1n) is 4.16. The lowest BCUT2D eigenvalue weighted by Crippen LogP contribution is -2.41. The third-order valence-corrected chi connectivity index (χ3v) is 2.40. The lowest BCUT2D eigenvalue weighted by molar-refractivity contribution is 0.0261. The number of hydrogen-bond acceptors (Lipinski definition) is 2. The fourth-order valence-corrected chi connectivity index (χ4v) is 1.62. The summed E-state index contributed by atoms with van der Waals surface area (Å²) in [4.78, 5) is 2.08. The van der Waals surface area contributed by atoms with Crippen molar-refractivity contribution in [2.45, 2.75) is 18.9 Å². The predicted molar refractivity (Wildman–Crippen MR) is 42.2 cm³/mol. The van der Waals surface area contributed by atoms with Crippen molar-refractivity contribution in [2.24, 2.45) is 5.92 Å². The van der Waals surface area contributed by atoms with E-state index in [1.807, 2.05) is 7.05 Å². The molecule has 0 amide bonds. The first-order valence-corrected chi connectivity index (χ1v) is 4.16. The molecule has 1 aliphatic rings. The van der Waals surface area contributed by atoms with Crippen molar-refractivity contribution in [3.8, 4) is 0 Å². The van der Waals surface area contributed by atoms with Gasteiger partial charge in [0.15, 0.2) is 0 Å². The molecule has 1 heterocycles. The molecule has 1 N–H and O–H groups in total. The highest BCUT2D eigenvalue weighted by atomic mass is 19.1. The van der Waals surface area contributed by atoms with Crippen LogP contribution in [-0.4, -0.2) is 42.9 Å². The average molecular weight is 161 g/mol. The number of likely N-dealkylation sites (N-methyl/N-ethyl adjacent to an activating group) is 1. The number of halogens is 1. The van der Waals surface area contributed by atoms with E-state index in [-0.39, 0.29) is 18.7 Å². The van der Waals surface area contributed by atoms with Crippen molar-refractivity contribution in [2.75, 3.05) is 26.8 Å². The molecule has 0 radical (unpaired) electrons. The maximum absolute atomic E-state index is 11.9. The number of rotatable bonds is 2. The molecule has 2 atom stereocenters. The summed E-state index contributed by atoms with van der Waals surface area (Å²) in [5.74, 6) is 0.191. The largest absolute Gasteiger partial charge is 0.392 e. The van der Waals surface area contributed by atoms with Gasteiger partial charge < -0.3 is 10.0 Å². The Bertz CT molecular complexity index is 121. The van der Waals surface area contributed by atoms with Gasteiger partial charge in [-0.3, -0.25) is 4.39 Å². The van der Waals surface area contributed by atoms with Gasteiger partial charge in [0.25, 0.3) is 0 Å². The number of aliphatic hydroxyl groups is 1. The minimum atomic E-state index is -0.315. The Morgan fingerprint density at radius 1 is 1.64 bits per heavy atom. The third-order valence-electron chi connectivity index (χ3n) is 2.40. The second-order valence-corrected chi connectivity index (χ2v) is 3.36. The Kier molecular flexibility index (Phi) is 3.27. The average Bonchev–Trinajstić information content (AvgIpc) is 1.95. The van der Waals surface area contributed by atoms with E-state index in [1.54, 1.807) is 0 Å². The summed E-state index contributed by atoms with van der Waals surface area (Å²) in [5, 5.41) is 9.46. The minimum absolute atomic E-state index is 0.191. The third kappa shape index (κ3) is 2.42. The highest BCUT2D eigenvalue weighted by molar-refractivity contribution is 4.77. The molecule has 1 saturated heterocycles. The quantitative estimate of drug-likeness (QED) is 0.643.